The summed E-state index contributed by atoms with van der Waals surface area (Å²) < 4.78 is 6.94. The highest BCUT2D eigenvalue weighted by molar-refractivity contribution is 7.19. The van der Waals surface area contributed by atoms with E-state index in [1.165, 1.54) is 12.8 Å². The summed E-state index contributed by atoms with van der Waals surface area (Å²) in [6.45, 7) is -0.203. The van der Waals surface area contributed by atoms with Gasteiger partial charge >= 0.3 is 5.97 Å². The van der Waals surface area contributed by atoms with Gasteiger partial charge in [0.2, 0.25) is 0 Å². The fourth-order valence-corrected chi connectivity index (χ4v) is 5.30. The SMILES string of the molecule is CN1C2CCC1CC(OC(=O)C(CO)c1cc3ccccc3s1)C2. The molecule has 0 aliphatic carbocycles. The first-order valence-corrected chi connectivity index (χ1v) is 9.49. The Hall–Kier alpha value is -1.43. The Morgan fingerprint density at radius 1 is 1.33 bits per heavy atom. The van der Waals surface area contributed by atoms with E-state index in [1.54, 1.807) is 11.3 Å². The predicted molar refractivity (Wildman–Crippen MR) is 95.3 cm³/mol. The zero-order chi connectivity index (χ0) is 16.7. The van der Waals surface area contributed by atoms with Crippen molar-refractivity contribution < 1.29 is 14.6 Å². The minimum atomic E-state index is -0.570. The van der Waals surface area contributed by atoms with E-state index in [2.05, 4.69) is 11.9 Å². The second-order valence-corrected chi connectivity index (χ2v) is 8.12. The summed E-state index contributed by atoms with van der Waals surface area (Å²) >= 11 is 1.57. The summed E-state index contributed by atoms with van der Waals surface area (Å²) in [5.41, 5.74) is 0. The number of carbonyl (C=O) groups is 1. The summed E-state index contributed by atoms with van der Waals surface area (Å²) in [6.07, 6.45) is 4.24. The molecule has 1 aromatic carbocycles. The van der Waals surface area contributed by atoms with E-state index in [0.717, 1.165) is 27.8 Å². The van der Waals surface area contributed by atoms with E-state index >= 15 is 0 Å². The van der Waals surface area contributed by atoms with Crippen molar-refractivity contribution in [3.8, 4) is 0 Å². The lowest BCUT2D eigenvalue weighted by molar-refractivity contribution is -0.155. The summed E-state index contributed by atoms with van der Waals surface area (Å²) in [5.74, 6) is -0.849. The van der Waals surface area contributed by atoms with E-state index in [0.29, 0.717) is 12.1 Å². The van der Waals surface area contributed by atoms with Crippen LogP contribution in [-0.4, -0.2) is 47.8 Å². The zero-order valence-electron chi connectivity index (χ0n) is 13.9. The van der Waals surface area contributed by atoms with Gasteiger partial charge in [-0.1, -0.05) is 18.2 Å². The van der Waals surface area contributed by atoms with Crippen molar-refractivity contribution in [1.29, 1.82) is 0 Å². The second kappa shape index (κ2) is 6.47. The summed E-state index contributed by atoms with van der Waals surface area (Å²) in [7, 11) is 2.17. The number of fused-ring (bicyclic) bond motifs is 3. The summed E-state index contributed by atoms with van der Waals surface area (Å²) in [5, 5.41) is 10.9. The maximum absolute atomic E-state index is 12.6. The van der Waals surface area contributed by atoms with Gasteiger partial charge in [0.15, 0.2) is 0 Å². The first-order chi connectivity index (χ1) is 11.7. The molecular formula is C19H23NO3S. The standard InChI is InChI=1S/C19H23NO3S/c1-20-13-6-7-14(20)10-15(9-13)23-19(22)16(11-21)18-8-12-4-2-3-5-17(12)24-18/h2-5,8,13-16,21H,6-7,9-11H2,1H3. The third-order valence-electron chi connectivity index (χ3n) is 5.59. The quantitative estimate of drug-likeness (QED) is 0.865. The van der Waals surface area contributed by atoms with Crippen molar-refractivity contribution in [3.63, 3.8) is 0 Å². The van der Waals surface area contributed by atoms with E-state index in [4.69, 9.17) is 4.74 Å². The molecule has 128 valence electrons. The molecule has 0 amide bonds. The van der Waals surface area contributed by atoms with Crippen LogP contribution < -0.4 is 0 Å². The molecule has 5 heteroatoms. The first kappa shape index (κ1) is 16.1. The van der Waals surface area contributed by atoms with Crippen LogP contribution in [0.2, 0.25) is 0 Å². The highest BCUT2D eigenvalue weighted by atomic mass is 32.1. The number of hydrogen-bond donors (Lipinski definition) is 1. The summed E-state index contributed by atoms with van der Waals surface area (Å²) in [6, 6.07) is 11.1. The molecule has 2 aliphatic rings. The minimum Gasteiger partial charge on any atom is -0.462 e. The molecule has 2 saturated heterocycles. The van der Waals surface area contributed by atoms with Crippen LogP contribution in [-0.2, 0) is 9.53 Å². The van der Waals surface area contributed by atoms with E-state index in [1.807, 2.05) is 30.3 Å². The van der Waals surface area contributed by atoms with Gasteiger partial charge in [-0.05, 0) is 50.2 Å². The van der Waals surface area contributed by atoms with Crippen LogP contribution in [0.15, 0.2) is 30.3 Å². The molecule has 1 N–H and O–H groups in total. The number of rotatable bonds is 4. The Morgan fingerprint density at radius 3 is 2.71 bits per heavy atom. The van der Waals surface area contributed by atoms with Gasteiger partial charge in [0.05, 0.1) is 6.61 Å². The van der Waals surface area contributed by atoms with E-state index in [9.17, 15) is 9.90 Å². The third kappa shape index (κ3) is 2.85. The molecule has 4 nitrogen and oxygen atoms in total. The number of piperidine rings is 1. The molecule has 24 heavy (non-hydrogen) atoms. The maximum Gasteiger partial charge on any atom is 0.316 e. The maximum atomic E-state index is 12.6. The number of esters is 1. The molecule has 1 aromatic heterocycles. The van der Waals surface area contributed by atoms with Gasteiger partial charge in [0, 0.05) is 21.7 Å². The number of benzene rings is 1. The van der Waals surface area contributed by atoms with Crippen LogP contribution in [0.25, 0.3) is 10.1 Å². The fourth-order valence-electron chi connectivity index (χ4n) is 4.16. The van der Waals surface area contributed by atoms with Crippen LogP contribution in [0.5, 0.6) is 0 Å². The topological polar surface area (TPSA) is 49.8 Å². The Balaban J connectivity index is 1.48. The third-order valence-corrected chi connectivity index (χ3v) is 6.82. The number of thiophene rings is 1. The lowest BCUT2D eigenvalue weighted by atomic mass is 10.00. The molecule has 0 radical (unpaired) electrons. The van der Waals surface area contributed by atoms with Gasteiger partial charge in [-0.25, -0.2) is 0 Å². The van der Waals surface area contributed by atoms with Crippen LogP contribution in [0, 0.1) is 0 Å². The minimum absolute atomic E-state index is 0.00497. The van der Waals surface area contributed by atoms with E-state index in [-0.39, 0.29) is 18.7 Å². The molecule has 3 heterocycles. The van der Waals surface area contributed by atoms with E-state index < -0.39 is 5.92 Å². The van der Waals surface area contributed by atoms with Crippen molar-refractivity contribution in [1.82, 2.24) is 4.90 Å². The van der Waals surface area contributed by atoms with Crippen molar-refractivity contribution >= 4 is 27.4 Å². The van der Waals surface area contributed by atoms with Crippen molar-refractivity contribution in [3.05, 3.63) is 35.2 Å². The van der Waals surface area contributed by atoms with Crippen molar-refractivity contribution in [2.24, 2.45) is 0 Å². The molecule has 3 atom stereocenters. The van der Waals surface area contributed by atoms with Crippen LogP contribution in [0.4, 0.5) is 0 Å². The zero-order valence-corrected chi connectivity index (χ0v) is 14.7. The molecular weight excluding hydrogens is 322 g/mol. The number of ether oxygens (including phenoxy) is 1. The predicted octanol–water partition coefficient (Wildman–Crippen LogP) is 3.15. The molecule has 0 saturated carbocycles. The molecule has 4 rings (SSSR count). The van der Waals surface area contributed by atoms with Gasteiger partial charge < -0.3 is 14.7 Å². The average Bonchev–Trinajstić information content (AvgIpc) is 3.06. The Morgan fingerprint density at radius 2 is 2.04 bits per heavy atom. The number of hydrogen-bond acceptors (Lipinski definition) is 5. The largest absolute Gasteiger partial charge is 0.462 e. The summed E-state index contributed by atoms with van der Waals surface area (Å²) in [4.78, 5) is 16.0. The smallest absolute Gasteiger partial charge is 0.316 e. The van der Waals surface area contributed by atoms with Gasteiger partial charge in [0.1, 0.15) is 12.0 Å². The van der Waals surface area contributed by atoms with Gasteiger partial charge in [-0.2, -0.15) is 0 Å². The molecule has 2 aliphatic heterocycles. The number of nitrogens with zero attached hydrogens (tertiary/aromatic N) is 1. The van der Waals surface area contributed by atoms with Crippen molar-refractivity contribution in [2.45, 2.75) is 49.8 Å². The fraction of sp³-hybridized carbons (Fsp3) is 0.526. The average molecular weight is 345 g/mol. The first-order valence-electron chi connectivity index (χ1n) is 8.67. The van der Waals surface area contributed by atoms with Gasteiger partial charge in [0.25, 0.3) is 0 Å². The van der Waals surface area contributed by atoms with Gasteiger partial charge in [-0.3, -0.25) is 4.79 Å². The Bertz CT molecular complexity index is 696. The van der Waals surface area contributed by atoms with Crippen molar-refractivity contribution in [2.75, 3.05) is 13.7 Å². The normalized spacial score (nSPS) is 28.2. The molecule has 2 fully saturated rings. The Kier molecular flexibility index (Phi) is 4.33. The molecule has 3 unspecified atom stereocenters. The Labute approximate surface area is 146 Å². The number of aliphatic hydroxyl groups excluding tert-OH is 1. The molecule has 2 aromatic rings. The number of aliphatic hydroxyl groups is 1. The number of carbonyl (C=O) groups excluding carboxylic acids is 1. The highest BCUT2D eigenvalue weighted by Gasteiger charge is 2.40. The van der Waals surface area contributed by atoms with Gasteiger partial charge in [-0.15, -0.1) is 11.3 Å². The lowest BCUT2D eigenvalue weighted by Gasteiger charge is -2.36. The molecule has 2 bridgehead atoms. The monoisotopic (exact) mass is 345 g/mol. The lowest BCUT2D eigenvalue weighted by Crippen LogP contribution is -2.43. The second-order valence-electron chi connectivity index (χ2n) is 7.00. The highest BCUT2D eigenvalue weighted by Crippen LogP contribution is 2.37. The molecule has 0 spiro atoms. The van der Waals surface area contributed by atoms with Crippen LogP contribution in [0.1, 0.15) is 36.5 Å². The van der Waals surface area contributed by atoms with Crippen LogP contribution >= 0.6 is 11.3 Å². The van der Waals surface area contributed by atoms with Crippen LogP contribution in [0.3, 0.4) is 0 Å².